The Morgan fingerprint density at radius 1 is 0.867 bits per heavy atom. The van der Waals surface area contributed by atoms with Crippen molar-refractivity contribution >= 4 is 17.3 Å². The summed E-state index contributed by atoms with van der Waals surface area (Å²) in [5, 5.41) is 2.92. The van der Waals surface area contributed by atoms with E-state index >= 15 is 0 Å². The van der Waals surface area contributed by atoms with E-state index in [1.54, 1.807) is 24.3 Å². The maximum Gasteiger partial charge on any atom is 0.287 e. The SMILES string of the molecule is O=C(Nc1ccc(F)cc1)[C@@H](c1ccccc1)[NH+]1CCN(c2ccccc2F)CC1. The molecule has 154 valence electrons. The fourth-order valence-electron chi connectivity index (χ4n) is 4.00. The summed E-state index contributed by atoms with van der Waals surface area (Å²) in [6, 6.07) is 21.8. The molecule has 0 aromatic heterocycles. The molecule has 4 rings (SSSR count). The average molecular weight is 408 g/mol. The fraction of sp³-hybridized carbons (Fsp3) is 0.208. The summed E-state index contributed by atoms with van der Waals surface area (Å²) >= 11 is 0. The van der Waals surface area contributed by atoms with Crippen molar-refractivity contribution in [2.75, 3.05) is 36.4 Å². The van der Waals surface area contributed by atoms with Gasteiger partial charge in [0.2, 0.25) is 0 Å². The van der Waals surface area contributed by atoms with Gasteiger partial charge in [-0.05, 0) is 36.4 Å². The molecule has 2 N–H and O–H groups in total. The third kappa shape index (κ3) is 4.49. The zero-order valence-electron chi connectivity index (χ0n) is 16.5. The average Bonchev–Trinajstić information content (AvgIpc) is 2.77. The Morgan fingerprint density at radius 2 is 1.50 bits per heavy atom. The zero-order valence-corrected chi connectivity index (χ0v) is 16.5. The topological polar surface area (TPSA) is 36.8 Å². The zero-order chi connectivity index (χ0) is 20.9. The van der Waals surface area contributed by atoms with E-state index in [1.165, 1.54) is 18.2 Å². The number of amides is 1. The Labute approximate surface area is 174 Å². The first-order valence-corrected chi connectivity index (χ1v) is 10.1. The molecule has 0 aliphatic carbocycles. The molecule has 4 nitrogen and oxygen atoms in total. The molecule has 1 aliphatic heterocycles. The number of para-hydroxylation sites is 1. The van der Waals surface area contributed by atoms with Crippen molar-refractivity contribution in [1.82, 2.24) is 0 Å². The number of rotatable bonds is 5. The highest BCUT2D eigenvalue weighted by Gasteiger charge is 2.34. The number of nitrogens with zero attached hydrogens (tertiary/aromatic N) is 1. The molecule has 1 amide bonds. The summed E-state index contributed by atoms with van der Waals surface area (Å²) in [4.78, 5) is 16.3. The molecule has 0 saturated carbocycles. The molecule has 1 atom stereocenters. The van der Waals surface area contributed by atoms with E-state index in [-0.39, 0.29) is 17.5 Å². The predicted molar refractivity (Wildman–Crippen MR) is 114 cm³/mol. The normalized spacial score (nSPS) is 15.6. The minimum Gasteiger partial charge on any atom is -0.358 e. The second-order valence-electron chi connectivity index (χ2n) is 7.44. The van der Waals surface area contributed by atoms with Crippen molar-refractivity contribution in [2.24, 2.45) is 0 Å². The number of hydrogen-bond donors (Lipinski definition) is 2. The lowest BCUT2D eigenvalue weighted by molar-refractivity contribution is -0.922. The molecule has 1 saturated heterocycles. The highest BCUT2D eigenvalue weighted by molar-refractivity contribution is 5.94. The Kier molecular flexibility index (Phi) is 6.05. The van der Waals surface area contributed by atoms with Gasteiger partial charge in [0, 0.05) is 11.3 Å². The molecule has 0 unspecified atom stereocenters. The van der Waals surface area contributed by atoms with E-state index in [0.29, 0.717) is 37.6 Å². The quantitative estimate of drug-likeness (QED) is 0.681. The number of piperazine rings is 1. The Balaban J connectivity index is 1.51. The van der Waals surface area contributed by atoms with Gasteiger partial charge in [-0.25, -0.2) is 8.78 Å². The van der Waals surface area contributed by atoms with Gasteiger partial charge in [-0.1, -0.05) is 42.5 Å². The fourth-order valence-corrected chi connectivity index (χ4v) is 4.00. The van der Waals surface area contributed by atoms with Crippen molar-refractivity contribution in [3.63, 3.8) is 0 Å². The first-order valence-electron chi connectivity index (χ1n) is 10.1. The molecule has 1 aliphatic rings. The number of hydrogen-bond acceptors (Lipinski definition) is 2. The van der Waals surface area contributed by atoms with Crippen LogP contribution in [0.3, 0.4) is 0 Å². The molecule has 0 spiro atoms. The number of benzene rings is 3. The molecule has 30 heavy (non-hydrogen) atoms. The Bertz CT molecular complexity index is 987. The van der Waals surface area contributed by atoms with Crippen LogP contribution in [0.25, 0.3) is 0 Å². The van der Waals surface area contributed by atoms with Gasteiger partial charge in [0.1, 0.15) is 11.6 Å². The third-order valence-corrected chi connectivity index (χ3v) is 5.51. The van der Waals surface area contributed by atoms with E-state index in [2.05, 4.69) is 5.32 Å². The minimum absolute atomic E-state index is 0.137. The summed E-state index contributed by atoms with van der Waals surface area (Å²) < 4.78 is 27.3. The minimum atomic E-state index is -0.404. The van der Waals surface area contributed by atoms with Crippen molar-refractivity contribution in [3.8, 4) is 0 Å². The summed E-state index contributed by atoms with van der Waals surface area (Å²) in [7, 11) is 0. The van der Waals surface area contributed by atoms with Crippen LogP contribution in [0.5, 0.6) is 0 Å². The number of nitrogens with one attached hydrogen (secondary N) is 2. The van der Waals surface area contributed by atoms with Gasteiger partial charge in [0.25, 0.3) is 5.91 Å². The van der Waals surface area contributed by atoms with E-state index in [1.807, 2.05) is 41.3 Å². The molecule has 6 heteroatoms. The van der Waals surface area contributed by atoms with Gasteiger partial charge < -0.3 is 15.1 Å². The molecule has 3 aromatic rings. The summed E-state index contributed by atoms with van der Waals surface area (Å²) in [5.41, 5.74) is 2.08. The number of carbonyl (C=O) groups excluding carboxylic acids is 1. The Morgan fingerprint density at radius 3 is 2.17 bits per heavy atom. The lowest BCUT2D eigenvalue weighted by atomic mass is 10.0. The molecule has 1 fully saturated rings. The maximum atomic E-state index is 14.2. The second kappa shape index (κ2) is 9.05. The van der Waals surface area contributed by atoms with Gasteiger partial charge in [0.05, 0.1) is 31.9 Å². The highest BCUT2D eigenvalue weighted by atomic mass is 19.1. The van der Waals surface area contributed by atoms with Crippen LogP contribution in [0.1, 0.15) is 11.6 Å². The maximum absolute atomic E-state index is 14.2. The van der Waals surface area contributed by atoms with Gasteiger partial charge in [-0.15, -0.1) is 0 Å². The number of anilines is 2. The van der Waals surface area contributed by atoms with Crippen molar-refractivity contribution in [3.05, 3.63) is 96.1 Å². The van der Waals surface area contributed by atoms with Crippen LogP contribution in [-0.4, -0.2) is 32.1 Å². The molecule has 0 bridgehead atoms. The van der Waals surface area contributed by atoms with Crippen LogP contribution in [0, 0.1) is 11.6 Å². The number of halogens is 2. The van der Waals surface area contributed by atoms with Crippen LogP contribution in [0.15, 0.2) is 78.9 Å². The summed E-state index contributed by atoms with van der Waals surface area (Å²) in [6.07, 6.45) is 0. The molecule has 0 radical (unpaired) electrons. The van der Waals surface area contributed by atoms with Crippen LogP contribution in [-0.2, 0) is 4.79 Å². The predicted octanol–water partition coefficient (Wildman–Crippen LogP) is 3.05. The molecular formula is C24H24F2N3O+. The lowest BCUT2D eigenvalue weighted by Gasteiger charge is -2.37. The van der Waals surface area contributed by atoms with Crippen molar-refractivity contribution in [1.29, 1.82) is 0 Å². The van der Waals surface area contributed by atoms with E-state index in [0.717, 1.165) is 10.5 Å². The second-order valence-corrected chi connectivity index (χ2v) is 7.44. The van der Waals surface area contributed by atoms with Crippen LogP contribution in [0.4, 0.5) is 20.2 Å². The summed E-state index contributed by atoms with van der Waals surface area (Å²) in [5.74, 6) is -0.709. The van der Waals surface area contributed by atoms with Crippen molar-refractivity contribution < 1.29 is 18.5 Å². The molecule has 3 aromatic carbocycles. The lowest BCUT2D eigenvalue weighted by Crippen LogP contribution is -3.16. The van der Waals surface area contributed by atoms with Crippen LogP contribution < -0.4 is 15.1 Å². The van der Waals surface area contributed by atoms with E-state index < -0.39 is 6.04 Å². The standard InChI is InChI=1S/C24H23F2N3O/c25-19-10-12-20(13-11-19)27-24(30)23(18-6-2-1-3-7-18)29-16-14-28(15-17-29)22-9-5-4-8-21(22)26/h1-13,23H,14-17H2,(H,27,30)/p+1/t23-/m1/s1. The highest BCUT2D eigenvalue weighted by Crippen LogP contribution is 2.19. The first-order chi connectivity index (χ1) is 14.6. The molecular weight excluding hydrogens is 384 g/mol. The summed E-state index contributed by atoms with van der Waals surface area (Å²) in [6.45, 7) is 2.71. The van der Waals surface area contributed by atoms with Gasteiger partial charge in [-0.2, -0.15) is 0 Å². The van der Waals surface area contributed by atoms with Crippen LogP contribution in [0.2, 0.25) is 0 Å². The molecule has 1 heterocycles. The van der Waals surface area contributed by atoms with Gasteiger partial charge >= 0.3 is 0 Å². The van der Waals surface area contributed by atoms with Crippen LogP contribution >= 0.6 is 0 Å². The smallest absolute Gasteiger partial charge is 0.287 e. The third-order valence-electron chi connectivity index (χ3n) is 5.51. The Hall–Kier alpha value is -3.25. The van der Waals surface area contributed by atoms with E-state index in [9.17, 15) is 13.6 Å². The van der Waals surface area contributed by atoms with Gasteiger partial charge in [0.15, 0.2) is 6.04 Å². The number of quaternary nitrogens is 1. The monoisotopic (exact) mass is 408 g/mol. The van der Waals surface area contributed by atoms with Crippen molar-refractivity contribution in [2.45, 2.75) is 6.04 Å². The largest absolute Gasteiger partial charge is 0.358 e. The first kappa shape index (κ1) is 20.0. The van der Waals surface area contributed by atoms with Gasteiger partial charge in [-0.3, -0.25) is 4.79 Å². The number of carbonyl (C=O) groups is 1. The van der Waals surface area contributed by atoms with E-state index in [4.69, 9.17) is 0 Å².